The molecule has 13 heavy (non-hydrogen) atoms. The van der Waals surface area contributed by atoms with Gasteiger partial charge in [0.15, 0.2) is 5.65 Å². The monoisotopic (exact) mass is 240 g/mol. The van der Waals surface area contributed by atoms with Gasteiger partial charge in [0.2, 0.25) is 4.73 Å². The second-order valence-electron chi connectivity index (χ2n) is 2.71. The van der Waals surface area contributed by atoms with Crippen LogP contribution in [0, 0.1) is 0 Å². The Morgan fingerprint density at radius 1 is 1.46 bits per heavy atom. The number of pyridine rings is 1. The van der Waals surface area contributed by atoms with Crippen molar-refractivity contribution in [1.29, 1.82) is 0 Å². The van der Waals surface area contributed by atoms with Gasteiger partial charge >= 0.3 is 0 Å². The maximum atomic E-state index is 4.00. The zero-order valence-corrected chi connectivity index (χ0v) is 8.74. The van der Waals surface area contributed by atoms with Gasteiger partial charge in [-0.05, 0) is 35.1 Å². The van der Waals surface area contributed by atoms with Crippen LogP contribution in [-0.2, 0) is 6.54 Å². The van der Waals surface area contributed by atoms with Crippen molar-refractivity contribution < 1.29 is 0 Å². The quantitative estimate of drug-likeness (QED) is 0.859. The molecule has 0 unspecified atom stereocenters. The van der Waals surface area contributed by atoms with Gasteiger partial charge < -0.3 is 5.32 Å². The highest BCUT2D eigenvalue weighted by molar-refractivity contribution is 9.10. The van der Waals surface area contributed by atoms with Crippen molar-refractivity contribution >= 4 is 21.6 Å². The van der Waals surface area contributed by atoms with Gasteiger partial charge in [-0.1, -0.05) is 6.07 Å². The second kappa shape index (κ2) is 3.43. The molecule has 2 rings (SSSR count). The van der Waals surface area contributed by atoms with Gasteiger partial charge in [0.25, 0.3) is 0 Å². The zero-order valence-electron chi connectivity index (χ0n) is 7.16. The van der Waals surface area contributed by atoms with Crippen LogP contribution in [0.3, 0.4) is 0 Å². The van der Waals surface area contributed by atoms with Gasteiger partial charge in [0, 0.05) is 12.2 Å². The standard InChI is InChI=1S/C8H9BrN4/c1-10-5-6-3-2-4-7-11-12-8(9)13(6)7/h2-4,10H,5H2,1H3. The second-order valence-corrected chi connectivity index (χ2v) is 3.42. The Labute approximate surface area is 84.1 Å². The minimum Gasteiger partial charge on any atom is -0.314 e. The molecule has 2 aromatic heterocycles. The van der Waals surface area contributed by atoms with Crippen LogP contribution in [0.25, 0.3) is 5.65 Å². The minimum atomic E-state index is 0.744. The number of hydrogen-bond acceptors (Lipinski definition) is 3. The molecule has 0 radical (unpaired) electrons. The molecular formula is C8H9BrN4. The molecule has 0 saturated carbocycles. The minimum absolute atomic E-state index is 0.744. The Morgan fingerprint density at radius 2 is 2.31 bits per heavy atom. The molecule has 1 N–H and O–H groups in total. The Morgan fingerprint density at radius 3 is 3.08 bits per heavy atom. The van der Waals surface area contributed by atoms with E-state index in [0.717, 1.165) is 22.6 Å². The van der Waals surface area contributed by atoms with E-state index < -0.39 is 0 Å². The highest BCUT2D eigenvalue weighted by Gasteiger charge is 2.04. The number of aromatic nitrogens is 3. The van der Waals surface area contributed by atoms with Crippen molar-refractivity contribution in [2.24, 2.45) is 0 Å². The summed E-state index contributed by atoms with van der Waals surface area (Å²) in [5.74, 6) is 0. The summed E-state index contributed by atoms with van der Waals surface area (Å²) in [7, 11) is 1.91. The van der Waals surface area contributed by atoms with Crippen LogP contribution in [0.2, 0.25) is 0 Å². The van der Waals surface area contributed by atoms with E-state index in [2.05, 4.69) is 31.4 Å². The van der Waals surface area contributed by atoms with Crippen LogP contribution >= 0.6 is 15.9 Å². The lowest BCUT2D eigenvalue weighted by Crippen LogP contribution is -2.09. The number of rotatable bonds is 2. The third-order valence-electron chi connectivity index (χ3n) is 1.83. The SMILES string of the molecule is CNCc1cccc2nnc(Br)n12. The summed E-state index contributed by atoms with van der Waals surface area (Å²) in [5, 5.41) is 11.0. The number of nitrogens with one attached hydrogen (secondary N) is 1. The first-order valence-corrected chi connectivity index (χ1v) is 4.75. The predicted molar refractivity (Wildman–Crippen MR) is 53.5 cm³/mol. The van der Waals surface area contributed by atoms with Crippen molar-refractivity contribution in [3.63, 3.8) is 0 Å². The Balaban J connectivity index is 2.65. The zero-order chi connectivity index (χ0) is 9.26. The summed E-state index contributed by atoms with van der Waals surface area (Å²) in [4.78, 5) is 0. The summed E-state index contributed by atoms with van der Waals surface area (Å²) in [6.45, 7) is 0.800. The van der Waals surface area contributed by atoms with Crippen LogP contribution in [-0.4, -0.2) is 21.6 Å². The van der Waals surface area contributed by atoms with E-state index in [4.69, 9.17) is 0 Å². The molecule has 0 amide bonds. The Bertz CT molecular complexity index is 423. The Kier molecular flexibility index (Phi) is 2.28. The molecule has 0 fully saturated rings. The summed E-state index contributed by atoms with van der Waals surface area (Å²) in [5.41, 5.74) is 2.00. The van der Waals surface area contributed by atoms with E-state index in [9.17, 15) is 0 Å². The molecule has 0 bridgehead atoms. The van der Waals surface area contributed by atoms with E-state index in [0.29, 0.717) is 0 Å². The fourth-order valence-corrected chi connectivity index (χ4v) is 1.78. The molecule has 0 saturated heterocycles. The van der Waals surface area contributed by atoms with Crippen LogP contribution in [0.1, 0.15) is 5.69 Å². The van der Waals surface area contributed by atoms with Crippen molar-refractivity contribution in [2.75, 3.05) is 7.05 Å². The van der Waals surface area contributed by atoms with E-state index in [1.807, 2.05) is 29.6 Å². The van der Waals surface area contributed by atoms with E-state index in [-0.39, 0.29) is 0 Å². The fraction of sp³-hybridized carbons (Fsp3) is 0.250. The molecule has 0 aliphatic heterocycles. The van der Waals surface area contributed by atoms with E-state index in [1.165, 1.54) is 0 Å². The maximum Gasteiger partial charge on any atom is 0.204 e. The van der Waals surface area contributed by atoms with Gasteiger partial charge in [0.1, 0.15) is 0 Å². The molecule has 0 aliphatic rings. The Hall–Kier alpha value is -0.940. The fourth-order valence-electron chi connectivity index (χ4n) is 1.29. The number of halogens is 1. The average molecular weight is 241 g/mol. The first kappa shape index (κ1) is 8.65. The van der Waals surface area contributed by atoms with Crippen LogP contribution in [0.5, 0.6) is 0 Å². The third-order valence-corrected chi connectivity index (χ3v) is 2.34. The molecule has 0 aliphatic carbocycles. The topological polar surface area (TPSA) is 42.2 Å². The molecule has 0 spiro atoms. The number of fused-ring (bicyclic) bond motifs is 1. The summed E-state index contributed by atoms with van der Waals surface area (Å²) < 4.78 is 2.71. The molecule has 0 aromatic carbocycles. The summed E-state index contributed by atoms with van der Waals surface area (Å²) in [6, 6.07) is 5.94. The molecular weight excluding hydrogens is 232 g/mol. The molecule has 0 atom stereocenters. The van der Waals surface area contributed by atoms with Crippen molar-refractivity contribution in [1.82, 2.24) is 19.9 Å². The third kappa shape index (κ3) is 1.45. The molecule has 5 heteroatoms. The maximum absolute atomic E-state index is 4.00. The van der Waals surface area contributed by atoms with Gasteiger partial charge in [-0.3, -0.25) is 4.40 Å². The van der Waals surface area contributed by atoms with Crippen LogP contribution < -0.4 is 5.32 Å². The smallest absolute Gasteiger partial charge is 0.204 e. The highest BCUT2D eigenvalue weighted by atomic mass is 79.9. The average Bonchev–Trinajstić information content (AvgIpc) is 2.50. The molecule has 2 aromatic rings. The first-order chi connectivity index (χ1) is 6.33. The van der Waals surface area contributed by atoms with Crippen LogP contribution in [0.15, 0.2) is 22.9 Å². The largest absolute Gasteiger partial charge is 0.314 e. The van der Waals surface area contributed by atoms with Gasteiger partial charge in [-0.25, -0.2) is 0 Å². The summed E-state index contributed by atoms with van der Waals surface area (Å²) >= 11 is 3.35. The lowest BCUT2D eigenvalue weighted by molar-refractivity contribution is 0.772. The van der Waals surface area contributed by atoms with Gasteiger partial charge in [-0.2, -0.15) is 0 Å². The number of hydrogen-bond donors (Lipinski definition) is 1. The van der Waals surface area contributed by atoms with E-state index >= 15 is 0 Å². The normalized spacial score (nSPS) is 10.9. The molecule has 4 nitrogen and oxygen atoms in total. The van der Waals surface area contributed by atoms with Crippen molar-refractivity contribution in [3.05, 3.63) is 28.6 Å². The lowest BCUT2D eigenvalue weighted by atomic mass is 10.3. The molecule has 68 valence electrons. The van der Waals surface area contributed by atoms with Crippen molar-refractivity contribution in [2.45, 2.75) is 6.54 Å². The predicted octanol–water partition coefficient (Wildman–Crippen LogP) is 1.21. The highest BCUT2D eigenvalue weighted by Crippen LogP contribution is 2.12. The lowest BCUT2D eigenvalue weighted by Gasteiger charge is -2.03. The van der Waals surface area contributed by atoms with Gasteiger partial charge in [-0.15, -0.1) is 10.2 Å². The molecule has 2 heterocycles. The summed E-state index contributed by atoms with van der Waals surface area (Å²) in [6.07, 6.45) is 0. The van der Waals surface area contributed by atoms with Gasteiger partial charge in [0.05, 0.1) is 0 Å². The van der Waals surface area contributed by atoms with Crippen molar-refractivity contribution in [3.8, 4) is 0 Å². The first-order valence-electron chi connectivity index (χ1n) is 3.96. The van der Waals surface area contributed by atoms with E-state index in [1.54, 1.807) is 0 Å². The number of nitrogens with zero attached hydrogens (tertiary/aromatic N) is 3. The van der Waals surface area contributed by atoms with Crippen LogP contribution in [0.4, 0.5) is 0 Å².